The molecule has 9 heteroatoms. The van der Waals surface area contributed by atoms with Gasteiger partial charge in [-0.25, -0.2) is 4.68 Å². The molecule has 0 saturated carbocycles. The molecule has 0 amide bonds. The zero-order chi connectivity index (χ0) is 15.5. The van der Waals surface area contributed by atoms with Crippen LogP contribution in [0.5, 0.6) is 0 Å². The third-order valence-electron chi connectivity index (χ3n) is 2.66. The Bertz CT molecular complexity index is 517. The van der Waals surface area contributed by atoms with Crippen LogP contribution in [0.15, 0.2) is 11.0 Å². The second-order valence-electron chi connectivity index (χ2n) is 4.63. The topological polar surface area (TPSA) is 67.2 Å². The first-order chi connectivity index (χ1) is 9.15. The standard InChI is InChI=1S/C11H15ClF3N3O2/c1-6(2)8(4-19)17-7-3-16-18(5-11(13,14)15)10(20)9(7)12/h3,6,8,17,19H,4-5H2,1-2H3. The second-order valence-corrected chi connectivity index (χ2v) is 5.01. The Morgan fingerprint density at radius 1 is 1.50 bits per heavy atom. The van der Waals surface area contributed by atoms with Crippen LogP contribution in [0.2, 0.25) is 5.02 Å². The Morgan fingerprint density at radius 2 is 2.10 bits per heavy atom. The molecule has 1 rings (SSSR count). The van der Waals surface area contributed by atoms with Gasteiger partial charge in [0.1, 0.15) is 11.6 Å². The van der Waals surface area contributed by atoms with E-state index in [1.807, 2.05) is 13.8 Å². The van der Waals surface area contributed by atoms with E-state index < -0.39 is 18.3 Å². The van der Waals surface area contributed by atoms with Crippen molar-refractivity contribution >= 4 is 17.3 Å². The van der Waals surface area contributed by atoms with Crippen molar-refractivity contribution in [1.82, 2.24) is 9.78 Å². The highest BCUT2D eigenvalue weighted by Gasteiger charge is 2.30. The van der Waals surface area contributed by atoms with Crippen LogP contribution in [0.3, 0.4) is 0 Å². The number of anilines is 1. The van der Waals surface area contributed by atoms with E-state index in [-0.39, 0.29) is 34.0 Å². The molecule has 0 aliphatic carbocycles. The van der Waals surface area contributed by atoms with Crippen LogP contribution in [0, 0.1) is 5.92 Å². The largest absolute Gasteiger partial charge is 0.408 e. The van der Waals surface area contributed by atoms with Gasteiger partial charge in [0.05, 0.1) is 24.5 Å². The van der Waals surface area contributed by atoms with Crippen LogP contribution in [0.1, 0.15) is 13.8 Å². The molecule has 114 valence electrons. The number of nitrogens with zero attached hydrogens (tertiary/aromatic N) is 2. The van der Waals surface area contributed by atoms with Crippen molar-refractivity contribution in [2.75, 3.05) is 11.9 Å². The molecule has 1 unspecified atom stereocenters. The summed E-state index contributed by atoms with van der Waals surface area (Å²) in [7, 11) is 0. The summed E-state index contributed by atoms with van der Waals surface area (Å²) in [5, 5.41) is 15.0. The molecule has 20 heavy (non-hydrogen) atoms. The normalized spacial score (nSPS) is 13.6. The van der Waals surface area contributed by atoms with Gasteiger partial charge in [-0.15, -0.1) is 0 Å². The first kappa shape index (κ1) is 16.8. The van der Waals surface area contributed by atoms with Gasteiger partial charge in [-0.1, -0.05) is 25.4 Å². The van der Waals surface area contributed by atoms with Crippen LogP contribution in [0.25, 0.3) is 0 Å². The molecule has 5 nitrogen and oxygen atoms in total. The highest BCUT2D eigenvalue weighted by Crippen LogP contribution is 2.20. The van der Waals surface area contributed by atoms with Crippen LogP contribution < -0.4 is 10.9 Å². The molecule has 0 radical (unpaired) electrons. The van der Waals surface area contributed by atoms with Crippen molar-refractivity contribution < 1.29 is 18.3 Å². The molecule has 0 spiro atoms. The molecule has 1 aromatic rings. The minimum atomic E-state index is -4.55. The van der Waals surface area contributed by atoms with Gasteiger partial charge < -0.3 is 10.4 Å². The summed E-state index contributed by atoms with van der Waals surface area (Å²) >= 11 is 5.75. The summed E-state index contributed by atoms with van der Waals surface area (Å²) < 4.78 is 36.9. The zero-order valence-electron chi connectivity index (χ0n) is 10.9. The molecule has 0 aliphatic heterocycles. The first-order valence-electron chi connectivity index (χ1n) is 5.85. The molecule has 0 aliphatic rings. The number of aliphatic hydroxyl groups excluding tert-OH is 1. The van der Waals surface area contributed by atoms with Gasteiger partial charge in [0.2, 0.25) is 0 Å². The Labute approximate surface area is 118 Å². The summed E-state index contributed by atoms with van der Waals surface area (Å²) in [6.07, 6.45) is -3.51. The molecule has 0 saturated heterocycles. The SMILES string of the molecule is CC(C)C(CO)Nc1cnn(CC(F)(F)F)c(=O)c1Cl. The van der Waals surface area contributed by atoms with E-state index in [2.05, 4.69) is 10.4 Å². The van der Waals surface area contributed by atoms with Crippen LogP contribution in [-0.4, -0.2) is 33.7 Å². The number of rotatable bonds is 5. The first-order valence-corrected chi connectivity index (χ1v) is 6.23. The molecular weight excluding hydrogens is 299 g/mol. The molecule has 1 heterocycles. The highest BCUT2D eigenvalue weighted by atomic mass is 35.5. The lowest BCUT2D eigenvalue weighted by Crippen LogP contribution is -2.33. The molecule has 1 aromatic heterocycles. The molecule has 1 atom stereocenters. The monoisotopic (exact) mass is 313 g/mol. The Hall–Kier alpha value is -1.28. The number of hydrogen-bond acceptors (Lipinski definition) is 4. The van der Waals surface area contributed by atoms with Gasteiger partial charge in [0, 0.05) is 0 Å². The third kappa shape index (κ3) is 4.38. The third-order valence-corrected chi connectivity index (χ3v) is 3.02. The summed E-state index contributed by atoms with van der Waals surface area (Å²) in [4.78, 5) is 11.7. The number of aromatic nitrogens is 2. The summed E-state index contributed by atoms with van der Waals surface area (Å²) in [6, 6.07) is -0.382. The lowest BCUT2D eigenvalue weighted by molar-refractivity contribution is -0.143. The lowest BCUT2D eigenvalue weighted by atomic mass is 10.1. The fraction of sp³-hybridized carbons (Fsp3) is 0.636. The Morgan fingerprint density at radius 3 is 2.55 bits per heavy atom. The van der Waals surface area contributed by atoms with E-state index in [9.17, 15) is 18.0 Å². The quantitative estimate of drug-likeness (QED) is 0.871. The second kappa shape index (κ2) is 6.45. The number of nitrogens with one attached hydrogen (secondary N) is 1. The number of aliphatic hydroxyl groups is 1. The van der Waals surface area contributed by atoms with Crippen molar-refractivity contribution in [3.63, 3.8) is 0 Å². The van der Waals surface area contributed by atoms with Gasteiger partial charge in [-0.05, 0) is 5.92 Å². The maximum absolute atomic E-state index is 12.2. The van der Waals surface area contributed by atoms with E-state index >= 15 is 0 Å². The van der Waals surface area contributed by atoms with Crippen molar-refractivity contribution in [1.29, 1.82) is 0 Å². The fourth-order valence-electron chi connectivity index (χ4n) is 1.47. The Balaban J connectivity index is 3.03. The number of hydrogen-bond donors (Lipinski definition) is 2. The van der Waals surface area contributed by atoms with Crippen LogP contribution in [-0.2, 0) is 6.54 Å². The summed E-state index contributed by atoms with van der Waals surface area (Å²) in [6.45, 7) is 1.96. The van der Waals surface area contributed by atoms with E-state index in [0.717, 1.165) is 6.20 Å². The molecular formula is C11H15ClF3N3O2. The van der Waals surface area contributed by atoms with Crippen molar-refractivity contribution in [3.8, 4) is 0 Å². The van der Waals surface area contributed by atoms with Crippen LogP contribution in [0.4, 0.5) is 18.9 Å². The van der Waals surface area contributed by atoms with E-state index in [0.29, 0.717) is 0 Å². The average molecular weight is 314 g/mol. The van der Waals surface area contributed by atoms with Gasteiger partial charge in [0.25, 0.3) is 5.56 Å². The minimum absolute atomic E-state index is 0.0358. The number of halogens is 4. The Kier molecular flexibility index (Phi) is 5.41. The molecule has 2 N–H and O–H groups in total. The van der Waals surface area contributed by atoms with Gasteiger partial charge >= 0.3 is 6.18 Å². The highest BCUT2D eigenvalue weighted by molar-refractivity contribution is 6.32. The van der Waals surface area contributed by atoms with Crippen molar-refractivity contribution in [2.45, 2.75) is 32.6 Å². The van der Waals surface area contributed by atoms with E-state index in [1.165, 1.54) is 0 Å². The van der Waals surface area contributed by atoms with Crippen molar-refractivity contribution in [3.05, 3.63) is 21.6 Å². The smallest absolute Gasteiger partial charge is 0.394 e. The van der Waals surface area contributed by atoms with Gasteiger partial charge in [-0.3, -0.25) is 4.79 Å². The predicted molar refractivity (Wildman–Crippen MR) is 68.9 cm³/mol. The number of alkyl halides is 3. The van der Waals surface area contributed by atoms with E-state index in [1.54, 1.807) is 0 Å². The predicted octanol–water partition coefficient (Wildman–Crippen LogP) is 1.89. The lowest BCUT2D eigenvalue weighted by Gasteiger charge is -2.21. The van der Waals surface area contributed by atoms with Crippen LogP contribution >= 0.6 is 11.6 Å². The maximum atomic E-state index is 12.2. The van der Waals surface area contributed by atoms with E-state index in [4.69, 9.17) is 16.7 Å². The summed E-state index contributed by atoms with van der Waals surface area (Å²) in [5.41, 5.74) is -0.933. The van der Waals surface area contributed by atoms with Crippen molar-refractivity contribution in [2.24, 2.45) is 5.92 Å². The van der Waals surface area contributed by atoms with Gasteiger partial charge in [0.15, 0.2) is 0 Å². The maximum Gasteiger partial charge on any atom is 0.408 e. The molecule has 0 bridgehead atoms. The summed E-state index contributed by atoms with van der Waals surface area (Å²) in [5.74, 6) is 0.0358. The molecule has 0 aromatic carbocycles. The minimum Gasteiger partial charge on any atom is -0.394 e. The zero-order valence-corrected chi connectivity index (χ0v) is 11.7. The van der Waals surface area contributed by atoms with Gasteiger partial charge in [-0.2, -0.15) is 18.3 Å². The fourth-order valence-corrected chi connectivity index (χ4v) is 1.67. The average Bonchev–Trinajstić information content (AvgIpc) is 2.32. The molecule has 0 fully saturated rings.